The van der Waals surface area contributed by atoms with Crippen molar-refractivity contribution in [2.75, 3.05) is 6.54 Å². The Morgan fingerprint density at radius 1 is 0.793 bits per heavy atom. The molecule has 0 radical (unpaired) electrons. The van der Waals surface area contributed by atoms with Crippen LogP contribution in [-0.4, -0.2) is 11.5 Å². The smallest absolute Gasteiger partial charge is 0.0503 e. The van der Waals surface area contributed by atoms with Crippen LogP contribution in [0.4, 0.5) is 0 Å². The first-order valence-electron chi connectivity index (χ1n) is 11.1. The average Bonchev–Trinajstić information content (AvgIpc) is 3.12. The fraction of sp³-hybridized carbons (Fsp3) is 0.333. The molecule has 0 aliphatic heterocycles. The Hall–Kier alpha value is -2.58. The van der Waals surface area contributed by atoms with E-state index in [0.29, 0.717) is 0 Å². The van der Waals surface area contributed by atoms with Gasteiger partial charge in [-0.2, -0.15) is 0 Å². The van der Waals surface area contributed by atoms with Crippen molar-refractivity contribution in [2.24, 2.45) is 5.73 Å². The molecular weight excluding hydrogens is 352 g/mol. The Labute approximate surface area is 174 Å². The van der Waals surface area contributed by atoms with E-state index >= 15 is 0 Å². The molecule has 0 fully saturated rings. The largest absolute Gasteiger partial charge is 0.354 e. The Morgan fingerprint density at radius 3 is 2.38 bits per heavy atom. The Balaban J connectivity index is 1.93. The topological polar surface area (TPSA) is 41.8 Å². The first-order valence-corrected chi connectivity index (χ1v) is 11.1. The van der Waals surface area contributed by atoms with E-state index in [1.807, 2.05) is 0 Å². The van der Waals surface area contributed by atoms with E-state index in [-0.39, 0.29) is 0 Å². The number of para-hydroxylation sites is 1. The minimum atomic E-state index is 0.757. The van der Waals surface area contributed by atoms with Crippen molar-refractivity contribution in [1.29, 1.82) is 0 Å². The van der Waals surface area contributed by atoms with E-state index in [1.54, 1.807) is 0 Å². The van der Waals surface area contributed by atoms with Gasteiger partial charge < -0.3 is 10.7 Å². The molecule has 3 aromatic carbocycles. The van der Waals surface area contributed by atoms with E-state index in [2.05, 4.69) is 73.4 Å². The number of benzene rings is 3. The molecule has 29 heavy (non-hydrogen) atoms. The minimum absolute atomic E-state index is 0.757. The van der Waals surface area contributed by atoms with E-state index in [0.717, 1.165) is 32.2 Å². The number of aryl methyl sites for hydroxylation is 3. The lowest BCUT2D eigenvalue weighted by Crippen LogP contribution is -1.99. The zero-order valence-electron chi connectivity index (χ0n) is 17.7. The maximum Gasteiger partial charge on any atom is 0.0503 e. The summed E-state index contributed by atoms with van der Waals surface area (Å²) in [5, 5.41) is 4.05. The Bertz CT molecular complexity index is 1120. The van der Waals surface area contributed by atoms with Gasteiger partial charge in [-0.05, 0) is 73.0 Å². The highest BCUT2D eigenvalue weighted by Gasteiger charge is 2.17. The molecule has 0 aliphatic carbocycles. The van der Waals surface area contributed by atoms with Gasteiger partial charge in [0, 0.05) is 16.5 Å². The zero-order chi connectivity index (χ0) is 20.2. The molecule has 0 unspecified atom stereocenters. The lowest BCUT2D eigenvalue weighted by atomic mass is 9.94. The highest BCUT2D eigenvalue weighted by atomic mass is 14.7. The highest BCUT2D eigenvalue weighted by molar-refractivity contribution is 6.02. The molecule has 0 aliphatic rings. The average molecular weight is 385 g/mol. The lowest BCUT2D eigenvalue weighted by Gasteiger charge is -2.10. The first kappa shape index (κ1) is 19.7. The van der Waals surface area contributed by atoms with Crippen LogP contribution in [0.5, 0.6) is 0 Å². The van der Waals surface area contributed by atoms with Crippen LogP contribution in [0.15, 0.2) is 54.6 Å². The third-order valence-corrected chi connectivity index (χ3v) is 6.12. The Morgan fingerprint density at radius 2 is 1.59 bits per heavy atom. The number of H-pyrrole nitrogens is 1. The maximum absolute atomic E-state index is 5.79. The van der Waals surface area contributed by atoms with Gasteiger partial charge in [-0.15, -0.1) is 0 Å². The van der Waals surface area contributed by atoms with Crippen molar-refractivity contribution in [1.82, 2.24) is 4.98 Å². The van der Waals surface area contributed by atoms with E-state index in [9.17, 15) is 0 Å². The van der Waals surface area contributed by atoms with Crippen LogP contribution in [0.3, 0.4) is 0 Å². The number of rotatable bonds is 8. The molecule has 0 bridgehead atoms. The molecule has 150 valence electrons. The van der Waals surface area contributed by atoms with E-state index in [4.69, 9.17) is 5.73 Å². The summed E-state index contributed by atoms with van der Waals surface area (Å²) in [6.45, 7) is 5.21. The molecule has 0 saturated carbocycles. The fourth-order valence-electron chi connectivity index (χ4n) is 4.51. The zero-order valence-corrected chi connectivity index (χ0v) is 17.7. The van der Waals surface area contributed by atoms with E-state index < -0.39 is 0 Å². The number of unbranched alkanes of at least 4 members (excludes halogenated alkanes) is 2. The first-order chi connectivity index (χ1) is 14.2. The van der Waals surface area contributed by atoms with Crippen LogP contribution >= 0.6 is 0 Å². The van der Waals surface area contributed by atoms with Gasteiger partial charge in [-0.25, -0.2) is 0 Å². The van der Waals surface area contributed by atoms with Gasteiger partial charge in [-0.3, -0.25) is 0 Å². The van der Waals surface area contributed by atoms with Crippen molar-refractivity contribution >= 4 is 21.7 Å². The van der Waals surface area contributed by atoms with Crippen molar-refractivity contribution < 1.29 is 0 Å². The lowest BCUT2D eigenvalue weighted by molar-refractivity contribution is 0.748. The summed E-state index contributed by atoms with van der Waals surface area (Å²) in [5.41, 5.74) is 13.9. The van der Waals surface area contributed by atoms with Crippen LogP contribution in [0.2, 0.25) is 0 Å². The molecule has 0 amide bonds. The summed E-state index contributed by atoms with van der Waals surface area (Å²) < 4.78 is 0. The van der Waals surface area contributed by atoms with Crippen molar-refractivity contribution in [3.05, 3.63) is 71.3 Å². The van der Waals surface area contributed by atoms with Gasteiger partial charge in [0.15, 0.2) is 0 Å². The van der Waals surface area contributed by atoms with Crippen molar-refractivity contribution in [2.45, 2.75) is 52.4 Å². The highest BCUT2D eigenvalue weighted by Crippen LogP contribution is 2.37. The second kappa shape index (κ2) is 8.84. The summed E-state index contributed by atoms with van der Waals surface area (Å²) in [7, 11) is 0. The number of aromatic amines is 1. The predicted octanol–water partition coefficient (Wildman–Crippen LogP) is 6.92. The molecule has 1 aromatic heterocycles. The molecule has 4 rings (SSSR count). The SMILES string of the molecule is CCCCc1cccc2c(CCCCN)c(-c3ccc(C)c4ccccc34)[nH]c12. The van der Waals surface area contributed by atoms with Gasteiger partial charge >= 0.3 is 0 Å². The molecule has 1 heterocycles. The quantitative estimate of drug-likeness (QED) is 0.318. The maximum atomic E-state index is 5.79. The molecule has 0 atom stereocenters. The summed E-state index contributed by atoms with van der Waals surface area (Å²) in [6.07, 6.45) is 6.83. The monoisotopic (exact) mass is 384 g/mol. The summed E-state index contributed by atoms with van der Waals surface area (Å²) in [5.74, 6) is 0. The fourth-order valence-corrected chi connectivity index (χ4v) is 4.51. The van der Waals surface area contributed by atoms with Gasteiger partial charge in [0.2, 0.25) is 0 Å². The standard InChI is InChI=1S/C27H32N2/c1-3-4-10-20-11-9-15-23-24(14-7-8-18-28)27(29-26(20)23)25-17-16-19(2)21-12-5-6-13-22(21)25/h5-6,9,11-13,15-17,29H,3-4,7-8,10,14,18,28H2,1-2H3. The molecule has 0 saturated heterocycles. The second-order valence-corrected chi connectivity index (χ2v) is 8.14. The number of aromatic nitrogens is 1. The van der Waals surface area contributed by atoms with Gasteiger partial charge in [0.1, 0.15) is 0 Å². The molecule has 3 N–H and O–H groups in total. The molecule has 2 nitrogen and oxygen atoms in total. The Kier molecular flexibility index (Phi) is 6.01. The number of nitrogens with two attached hydrogens (primary N) is 1. The third-order valence-electron chi connectivity index (χ3n) is 6.12. The van der Waals surface area contributed by atoms with Crippen molar-refractivity contribution in [3.8, 4) is 11.3 Å². The molecule has 0 spiro atoms. The number of hydrogen-bond donors (Lipinski definition) is 2. The molecule has 4 aromatic rings. The van der Waals surface area contributed by atoms with Crippen LogP contribution in [0.1, 0.15) is 49.3 Å². The third kappa shape index (κ3) is 3.82. The van der Waals surface area contributed by atoms with Gasteiger partial charge in [0.05, 0.1) is 5.69 Å². The summed E-state index contributed by atoms with van der Waals surface area (Å²) in [4.78, 5) is 3.87. The van der Waals surface area contributed by atoms with Gasteiger partial charge in [0.25, 0.3) is 0 Å². The number of hydrogen-bond acceptors (Lipinski definition) is 1. The minimum Gasteiger partial charge on any atom is -0.354 e. The van der Waals surface area contributed by atoms with Crippen LogP contribution < -0.4 is 5.73 Å². The summed E-state index contributed by atoms with van der Waals surface area (Å²) >= 11 is 0. The van der Waals surface area contributed by atoms with Crippen molar-refractivity contribution in [3.63, 3.8) is 0 Å². The second-order valence-electron chi connectivity index (χ2n) is 8.14. The van der Waals surface area contributed by atoms with Crippen LogP contribution in [-0.2, 0) is 12.8 Å². The predicted molar refractivity (Wildman–Crippen MR) is 127 cm³/mol. The van der Waals surface area contributed by atoms with Gasteiger partial charge in [-0.1, -0.05) is 67.9 Å². The van der Waals surface area contributed by atoms with Crippen LogP contribution in [0.25, 0.3) is 32.9 Å². The number of fused-ring (bicyclic) bond motifs is 2. The normalized spacial score (nSPS) is 11.6. The number of nitrogens with one attached hydrogen (secondary N) is 1. The van der Waals surface area contributed by atoms with Crippen LogP contribution in [0, 0.1) is 6.92 Å². The molecular formula is C27H32N2. The van der Waals surface area contributed by atoms with E-state index in [1.165, 1.54) is 62.5 Å². The molecule has 2 heteroatoms. The summed E-state index contributed by atoms with van der Waals surface area (Å²) in [6, 6.07) is 20.1.